The number of nitrogens with one attached hydrogen (secondary N) is 1. The zero-order valence-corrected chi connectivity index (χ0v) is 12.1. The molecular weight excluding hydrogens is 264 g/mol. The van der Waals surface area contributed by atoms with Gasteiger partial charge in [0, 0.05) is 17.9 Å². The van der Waals surface area contributed by atoms with Gasteiger partial charge in [-0.15, -0.1) is 11.8 Å². The Labute approximate surface area is 117 Å². The van der Waals surface area contributed by atoms with E-state index in [9.17, 15) is 4.79 Å². The number of aliphatic hydroxyl groups excluding tert-OH is 1. The molecule has 1 amide bonds. The predicted molar refractivity (Wildman–Crippen MR) is 73.9 cm³/mol. The van der Waals surface area contributed by atoms with Crippen molar-refractivity contribution in [2.24, 2.45) is 5.92 Å². The van der Waals surface area contributed by atoms with Gasteiger partial charge < -0.3 is 14.9 Å². The van der Waals surface area contributed by atoms with E-state index in [2.05, 4.69) is 10.5 Å². The largest absolute Gasteiger partial charge is 0.393 e. The number of amides is 1. The number of aryl methyl sites for hydroxylation is 2. The van der Waals surface area contributed by atoms with Crippen molar-refractivity contribution in [1.82, 2.24) is 10.5 Å². The second-order valence-electron chi connectivity index (χ2n) is 5.09. The highest BCUT2D eigenvalue weighted by molar-refractivity contribution is 7.99. The second-order valence-corrected chi connectivity index (χ2v) is 6.08. The molecule has 0 unspecified atom stereocenters. The smallest absolute Gasteiger partial charge is 0.230 e. The number of thioether (sulfide) groups is 1. The van der Waals surface area contributed by atoms with Crippen molar-refractivity contribution < 1.29 is 14.4 Å². The van der Waals surface area contributed by atoms with Crippen molar-refractivity contribution in [2.75, 3.05) is 12.3 Å². The van der Waals surface area contributed by atoms with E-state index in [0.717, 1.165) is 35.6 Å². The number of nitrogens with zero attached hydrogens (tertiary/aromatic N) is 1. The van der Waals surface area contributed by atoms with E-state index in [1.807, 2.05) is 13.8 Å². The Morgan fingerprint density at radius 2 is 2.26 bits per heavy atom. The van der Waals surface area contributed by atoms with Crippen molar-refractivity contribution in [3.63, 3.8) is 0 Å². The number of carbonyl (C=O) groups excluding carboxylic acids is 1. The quantitative estimate of drug-likeness (QED) is 0.826. The van der Waals surface area contributed by atoms with Crippen molar-refractivity contribution >= 4 is 17.7 Å². The molecule has 1 aromatic rings. The summed E-state index contributed by atoms with van der Waals surface area (Å²) in [5, 5.41) is 15.9. The number of carbonyl (C=O) groups is 1. The number of rotatable bonds is 6. The maximum atomic E-state index is 11.6. The Bertz CT molecular complexity index is 422. The molecule has 1 saturated carbocycles. The predicted octanol–water partition coefficient (Wildman–Crippen LogP) is 1.41. The average Bonchev–Trinajstić information content (AvgIpc) is 2.64. The van der Waals surface area contributed by atoms with Gasteiger partial charge in [-0.2, -0.15) is 0 Å². The molecule has 0 radical (unpaired) electrons. The lowest BCUT2D eigenvalue weighted by Crippen LogP contribution is -2.39. The first-order chi connectivity index (χ1) is 9.06. The van der Waals surface area contributed by atoms with E-state index in [4.69, 9.17) is 9.63 Å². The van der Waals surface area contributed by atoms with Crippen molar-refractivity contribution in [1.29, 1.82) is 0 Å². The molecule has 2 rings (SSSR count). The summed E-state index contributed by atoms with van der Waals surface area (Å²) in [5.74, 6) is 2.52. The number of aliphatic hydroxyl groups is 1. The van der Waals surface area contributed by atoms with Gasteiger partial charge in [-0.05, 0) is 32.6 Å². The fourth-order valence-corrected chi connectivity index (χ4v) is 3.14. The molecule has 106 valence electrons. The van der Waals surface area contributed by atoms with Gasteiger partial charge in [0.2, 0.25) is 5.91 Å². The summed E-state index contributed by atoms with van der Waals surface area (Å²) in [7, 11) is 0. The molecule has 0 atom stereocenters. The first-order valence-corrected chi connectivity index (χ1v) is 7.66. The zero-order chi connectivity index (χ0) is 13.8. The highest BCUT2D eigenvalue weighted by Gasteiger charge is 2.27. The SMILES string of the molecule is Cc1noc(C)c1CSCC(=O)NCC1CC(O)C1. The summed E-state index contributed by atoms with van der Waals surface area (Å²) in [4.78, 5) is 11.6. The molecule has 6 heteroatoms. The van der Waals surface area contributed by atoms with Gasteiger partial charge >= 0.3 is 0 Å². The highest BCUT2D eigenvalue weighted by Crippen LogP contribution is 2.26. The molecule has 5 nitrogen and oxygen atoms in total. The molecular formula is C13H20N2O3S. The Hall–Kier alpha value is -1.01. The van der Waals surface area contributed by atoms with Gasteiger partial charge in [0.1, 0.15) is 5.76 Å². The molecule has 1 heterocycles. The fourth-order valence-electron chi connectivity index (χ4n) is 2.13. The topological polar surface area (TPSA) is 75.4 Å². The first kappa shape index (κ1) is 14.4. The van der Waals surface area contributed by atoms with Crippen LogP contribution in [-0.2, 0) is 10.5 Å². The van der Waals surface area contributed by atoms with Gasteiger partial charge in [0.15, 0.2) is 0 Å². The van der Waals surface area contributed by atoms with Crippen molar-refractivity contribution in [2.45, 2.75) is 38.5 Å². The van der Waals surface area contributed by atoms with Crippen LogP contribution in [0.2, 0.25) is 0 Å². The lowest BCUT2D eigenvalue weighted by Gasteiger charge is -2.31. The maximum absolute atomic E-state index is 11.6. The Kier molecular flexibility index (Phi) is 4.87. The fraction of sp³-hybridized carbons (Fsp3) is 0.692. The Morgan fingerprint density at radius 3 is 2.84 bits per heavy atom. The summed E-state index contributed by atoms with van der Waals surface area (Å²) in [5.41, 5.74) is 1.98. The molecule has 1 aromatic heterocycles. The van der Waals surface area contributed by atoms with Crippen LogP contribution in [0.1, 0.15) is 29.9 Å². The number of aromatic nitrogens is 1. The van der Waals surface area contributed by atoms with Crippen LogP contribution in [0.5, 0.6) is 0 Å². The van der Waals surface area contributed by atoms with E-state index in [0.29, 0.717) is 18.2 Å². The zero-order valence-electron chi connectivity index (χ0n) is 11.3. The number of hydrogen-bond donors (Lipinski definition) is 2. The minimum absolute atomic E-state index is 0.0538. The molecule has 1 fully saturated rings. The third-order valence-electron chi connectivity index (χ3n) is 3.46. The van der Waals surface area contributed by atoms with Gasteiger partial charge in [-0.3, -0.25) is 4.79 Å². The van der Waals surface area contributed by atoms with Crippen molar-refractivity contribution in [3.8, 4) is 0 Å². The van der Waals surface area contributed by atoms with Crippen LogP contribution in [0.25, 0.3) is 0 Å². The van der Waals surface area contributed by atoms with Gasteiger partial charge in [0.25, 0.3) is 0 Å². The maximum Gasteiger partial charge on any atom is 0.230 e. The molecule has 0 aliphatic heterocycles. The molecule has 1 aliphatic rings. The standard InChI is InChI=1S/C13H20N2O3S/c1-8-12(9(2)18-15-8)6-19-7-13(17)14-5-10-3-11(16)4-10/h10-11,16H,3-7H2,1-2H3,(H,14,17). The van der Waals surface area contributed by atoms with Crippen LogP contribution >= 0.6 is 11.8 Å². The monoisotopic (exact) mass is 284 g/mol. The second kappa shape index (κ2) is 6.43. The number of hydrogen-bond acceptors (Lipinski definition) is 5. The van der Waals surface area contributed by atoms with Crippen LogP contribution in [-0.4, -0.2) is 34.6 Å². The summed E-state index contributed by atoms with van der Waals surface area (Å²) < 4.78 is 5.08. The van der Waals surface area contributed by atoms with Crippen LogP contribution in [0.4, 0.5) is 0 Å². The molecule has 1 aliphatic carbocycles. The normalized spacial score (nSPS) is 22.1. The van der Waals surface area contributed by atoms with Crippen molar-refractivity contribution in [3.05, 3.63) is 17.0 Å². The minimum Gasteiger partial charge on any atom is -0.393 e. The van der Waals surface area contributed by atoms with Gasteiger partial charge in [0.05, 0.1) is 17.6 Å². The first-order valence-electron chi connectivity index (χ1n) is 6.50. The lowest BCUT2D eigenvalue weighted by molar-refractivity contribution is -0.119. The molecule has 0 spiro atoms. The van der Waals surface area contributed by atoms with Gasteiger partial charge in [-0.25, -0.2) is 0 Å². The molecule has 0 aromatic carbocycles. The summed E-state index contributed by atoms with van der Waals surface area (Å²) in [6, 6.07) is 0. The Balaban J connectivity index is 1.61. The van der Waals surface area contributed by atoms with E-state index in [1.165, 1.54) is 0 Å². The average molecular weight is 284 g/mol. The summed E-state index contributed by atoms with van der Waals surface area (Å²) in [6.45, 7) is 4.48. The van der Waals surface area contributed by atoms with Crippen LogP contribution in [0.3, 0.4) is 0 Å². The Morgan fingerprint density at radius 1 is 1.53 bits per heavy atom. The summed E-state index contributed by atoms with van der Waals surface area (Å²) in [6.07, 6.45) is 1.47. The lowest BCUT2D eigenvalue weighted by atomic mass is 9.82. The molecule has 0 saturated heterocycles. The van der Waals surface area contributed by atoms with Gasteiger partial charge in [-0.1, -0.05) is 5.16 Å². The third kappa shape index (κ3) is 3.98. The van der Waals surface area contributed by atoms with Crippen LogP contribution in [0, 0.1) is 19.8 Å². The van der Waals surface area contributed by atoms with E-state index >= 15 is 0 Å². The minimum atomic E-state index is -0.157. The van der Waals surface area contributed by atoms with E-state index in [-0.39, 0.29) is 12.0 Å². The van der Waals surface area contributed by atoms with Crippen LogP contribution < -0.4 is 5.32 Å². The highest BCUT2D eigenvalue weighted by atomic mass is 32.2. The van der Waals surface area contributed by atoms with Crippen LogP contribution in [0.15, 0.2) is 4.52 Å². The van der Waals surface area contributed by atoms with E-state index < -0.39 is 0 Å². The third-order valence-corrected chi connectivity index (χ3v) is 4.42. The van der Waals surface area contributed by atoms with E-state index in [1.54, 1.807) is 11.8 Å². The molecule has 0 bridgehead atoms. The molecule has 19 heavy (non-hydrogen) atoms. The molecule has 2 N–H and O–H groups in total. The summed E-state index contributed by atoms with van der Waals surface area (Å²) >= 11 is 1.56.